The van der Waals surface area contributed by atoms with Gasteiger partial charge in [-0.05, 0) is 12.1 Å². The predicted molar refractivity (Wildman–Crippen MR) is 72.3 cm³/mol. The van der Waals surface area contributed by atoms with E-state index in [0.29, 0.717) is 12.3 Å². The van der Waals surface area contributed by atoms with Gasteiger partial charge in [-0.25, -0.2) is 4.68 Å². The van der Waals surface area contributed by atoms with Crippen LogP contribution in [0.1, 0.15) is 5.56 Å². The van der Waals surface area contributed by atoms with Crippen molar-refractivity contribution < 1.29 is 5.21 Å². The summed E-state index contributed by atoms with van der Waals surface area (Å²) in [6.45, 7) is 0.376. The lowest BCUT2D eigenvalue weighted by Gasteiger charge is -2.05. The van der Waals surface area contributed by atoms with Gasteiger partial charge in [0.25, 0.3) is 0 Å². The number of hydrogen-bond acceptors (Lipinski definition) is 4. The first-order valence-electron chi connectivity index (χ1n) is 5.93. The van der Waals surface area contributed by atoms with E-state index in [1.165, 1.54) is 0 Å². The Morgan fingerprint density at radius 2 is 1.79 bits per heavy atom. The molecule has 1 heterocycles. The number of fused-ring (bicyclic) bond motifs is 1. The van der Waals surface area contributed by atoms with Crippen LogP contribution in [0.4, 0.5) is 0 Å². The first-order chi connectivity index (χ1) is 9.38. The summed E-state index contributed by atoms with van der Waals surface area (Å²) in [7, 11) is 0. The molecule has 0 aliphatic carbocycles. The quantitative estimate of drug-likeness (QED) is 0.442. The van der Waals surface area contributed by atoms with Crippen LogP contribution in [0.2, 0.25) is 0 Å². The van der Waals surface area contributed by atoms with Crippen LogP contribution >= 0.6 is 0 Å². The van der Waals surface area contributed by atoms with E-state index < -0.39 is 0 Å². The van der Waals surface area contributed by atoms with Crippen molar-refractivity contribution in [3.63, 3.8) is 0 Å². The van der Waals surface area contributed by atoms with Gasteiger partial charge in [-0.3, -0.25) is 0 Å². The Morgan fingerprint density at radius 1 is 1.05 bits per heavy atom. The first-order valence-corrected chi connectivity index (χ1v) is 5.93. The molecule has 0 aliphatic rings. The molecule has 19 heavy (non-hydrogen) atoms. The lowest BCUT2D eigenvalue weighted by Crippen LogP contribution is -2.13. The highest BCUT2D eigenvalue weighted by Crippen LogP contribution is 2.11. The van der Waals surface area contributed by atoms with E-state index in [-0.39, 0.29) is 0 Å². The third-order valence-corrected chi connectivity index (χ3v) is 2.95. The van der Waals surface area contributed by atoms with Crippen molar-refractivity contribution in [2.75, 3.05) is 0 Å². The highest BCUT2D eigenvalue weighted by molar-refractivity contribution is 6.00. The third kappa shape index (κ3) is 2.18. The van der Waals surface area contributed by atoms with E-state index in [1.54, 1.807) is 4.68 Å². The van der Waals surface area contributed by atoms with Gasteiger partial charge in [-0.2, -0.15) is 0 Å². The van der Waals surface area contributed by atoms with E-state index in [1.807, 2.05) is 54.6 Å². The van der Waals surface area contributed by atoms with Crippen molar-refractivity contribution in [1.82, 2.24) is 15.0 Å². The topological polar surface area (TPSA) is 63.3 Å². The van der Waals surface area contributed by atoms with Gasteiger partial charge < -0.3 is 5.21 Å². The Balaban J connectivity index is 1.96. The zero-order chi connectivity index (χ0) is 13.1. The summed E-state index contributed by atoms with van der Waals surface area (Å²) >= 11 is 0. The Bertz CT molecular complexity index is 718. The van der Waals surface area contributed by atoms with Crippen LogP contribution in [0, 0.1) is 0 Å². The fraction of sp³-hybridized carbons (Fsp3) is 0.0714. The third-order valence-electron chi connectivity index (χ3n) is 2.95. The molecule has 0 fully saturated rings. The molecule has 0 amide bonds. The number of para-hydroxylation sites is 1. The minimum absolute atomic E-state index is 0.376. The highest BCUT2D eigenvalue weighted by Gasteiger charge is 2.09. The molecule has 0 saturated carbocycles. The Morgan fingerprint density at radius 3 is 2.58 bits per heavy atom. The van der Waals surface area contributed by atoms with Gasteiger partial charge in [0, 0.05) is 5.56 Å². The smallest absolute Gasteiger partial charge is 0.113 e. The second-order valence-electron chi connectivity index (χ2n) is 4.15. The Labute approximate surface area is 109 Å². The summed E-state index contributed by atoms with van der Waals surface area (Å²) in [5.74, 6) is 0. The van der Waals surface area contributed by atoms with Crippen LogP contribution in [0.15, 0.2) is 59.8 Å². The van der Waals surface area contributed by atoms with Crippen LogP contribution in [-0.4, -0.2) is 25.9 Å². The zero-order valence-corrected chi connectivity index (χ0v) is 10.1. The number of hydrogen-bond donors (Lipinski definition) is 1. The highest BCUT2D eigenvalue weighted by atomic mass is 16.4. The van der Waals surface area contributed by atoms with Crippen LogP contribution in [0.3, 0.4) is 0 Å². The summed E-state index contributed by atoms with van der Waals surface area (Å²) in [5, 5.41) is 20.7. The molecule has 5 nitrogen and oxygen atoms in total. The van der Waals surface area contributed by atoms with E-state index in [0.717, 1.165) is 16.6 Å². The lowest BCUT2D eigenvalue weighted by molar-refractivity contribution is 0.317. The van der Waals surface area contributed by atoms with Gasteiger partial charge >= 0.3 is 0 Å². The molecule has 0 saturated heterocycles. The number of benzene rings is 2. The summed E-state index contributed by atoms with van der Waals surface area (Å²) < 4.78 is 1.72. The number of aromatic nitrogens is 3. The second-order valence-corrected chi connectivity index (χ2v) is 4.15. The molecule has 0 unspecified atom stereocenters. The number of nitrogens with zero attached hydrogens (tertiary/aromatic N) is 4. The van der Waals surface area contributed by atoms with E-state index in [4.69, 9.17) is 0 Å². The van der Waals surface area contributed by atoms with Crippen LogP contribution in [0.5, 0.6) is 0 Å². The van der Waals surface area contributed by atoms with Gasteiger partial charge in [0.15, 0.2) is 0 Å². The van der Waals surface area contributed by atoms with E-state index in [2.05, 4.69) is 15.5 Å². The molecule has 0 atom stereocenters. The van der Waals surface area contributed by atoms with Crippen molar-refractivity contribution in [3.05, 3.63) is 60.2 Å². The monoisotopic (exact) mass is 252 g/mol. The van der Waals surface area contributed by atoms with Crippen LogP contribution in [-0.2, 0) is 6.54 Å². The van der Waals surface area contributed by atoms with Crippen molar-refractivity contribution in [2.24, 2.45) is 5.16 Å². The molecule has 3 aromatic rings. The normalized spacial score (nSPS) is 11.9. The largest absolute Gasteiger partial charge is 0.411 e. The van der Waals surface area contributed by atoms with Gasteiger partial charge in [0.05, 0.1) is 12.1 Å². The molecule has 3 rings (SSSR count). The fourth-order valence-corrected chi connectivity index (χ4v) is 1.99. The minimum Gasteiger partial charge on any atom is -0.411 e. The molecule has 0 bridgehead atoms. The Hall–Kier alpha value is -2.69. The minimum atomic E-state index is 0.376. The van der Waals surface area contributed by atoms with Crippen molar-refractivity contribution in [3.8, 4) is 0 Å². The molecule has 2 aromatic carbocycles. The maximum absolute atomic E-state index is 9.18. The van der Waals surface area contributed by atoms with E-state index in [9.17, 15) is 5.21 Å². The standard InChI is InChI=1S/C14H12N4O/c19-16-13(11-6-2-1-3-7-11)10-18-14-9-5-4-8-12(14)15-17-18/h1-9,19H,10H2. The Kier molecular flexibility index (Phi) is 2.94. The van der Waals surface area contributed by atoms with Crippen LogP contribution in [0.25, 0.3) is 11.0 Å². The molecular formula is C14H12N4O. The average Bonchev–Trinajstić information content (AvgIpc) is 2.89. The average molecular weight is 252 g/mol. The lowest BCUT2D eigenvalue weighted by atomic mass is 10.1. The van der Waals surface area contributed by atoms with Gasteiger partial charge in [0.2, 0.25) is 0 Å². The van der Waals surface area contributed by atoms with E-state index >= 15 is 0 Å². The zero-order valence-electron chi connectivity index (χ0n) is 10.1. The second kappa shape index (κ2) is 4.89. The summed E-state index contributed by atoms with van der Waals surface area (Å²) in [5.41, 5.74) is 3.16. The van der Waals surface area contributed by atoms with Crippen molar-refractivity contribution >= 4 is 16.7 Å². The molecular weight excluding hydrogens is 240 g/mol. The maximum Gasteiger partial charge on any atom is 0.113 e. The first kappa shape index (κ1) is 11.4. The molecule has 5 heteroatoms. The molecule has 0 radical (unpaired) electrons. The molecule has 94 valence electrons. The van der Waals surface area contributed by atoms with Gasteiger partial charge in [0.1, 0.15) is 11.2 Å². The predicted octanol–water partition coefficient (Wildman–Crippen LogP) is 2.31. The van der Waals surface area contributed by atoms with Crippen molar-refractivity contribution in [2.45, 2.75) is 6.54 Å². The summed E-state index contributed by atoms with van der Waals surface area (Å²) in [4.78, 5) is 0. The summed E-state index contributed by atoms with van der Waals surface area (Å²) in [6.07, 6.45) is 0. The molecule has 1 aromatic heterocycles. The molecule has 1 N–H and O–H groups in total. The van der Waals surface area contributed by atoms with Gasteiger partial charge in [-0.1, -0.05) is 52.8 Å². The summed E-state index contributed by atoms with van der Waals surface area (Å²) in [6, 6.07) is 17.2. The SMILES string of the molecule is ON=C(Cn1nnc2ccccc21)c1ccccc1. The fourth-order valence-electron chi connectivity index (χ4n) is 1.99. The van der Waals surface area contributed by atoms with Crippen molar-refractivity contribution in [1.29, 1.82) is 0 Å². The molecule has 0 aliphatic heterocycles. The number of rotatable bonds is 3. The molecule has 0 spiro atoms. The van der Waals surface area contributed by atoms with Crippen LogP contribution < -0.4 is 0 Å². The van der Waals surface area contributed by atoms with Gasteiger partial charge in [-0.15, -0.1) is 5.10 Å². The number of oxime groups is 1. The maximum atomic E-state index is 9.18.